The smallest absolute Gasteiger partial charge is 0.0297 e. The topological polar surface area (TPSA) is 0 Å². The summed E-state index contributed by atoms with van der Waals surface area (Å²) < 4.78 is 0. The minimum atomic E-state index is 0.542. The van der Waals surface area contributed by atoms with Gasteiger partial charge in [0, 0.05) is 9.79 Å². The summed E-state index contributed by atoms with van der Waals surface area (Å²) in [5.74, 6) is 0. The lowest BCUT2D eigenvalue weighted by atomic mass is 9.94. The molecule has 1 heteroatoms. The van der Waals surface area contributed by atoms with Crippen LogP contribution in [0, 0.1) is 5.41 Å². The summed E-state index contributed by atoms with van der Waals surface area (Å²) in [5.41, 5.74) is 3.73. The van der Waals surface area contributed by atoms with Crippen LogP contribution < -0.4 is 0 Å². The van der Waals surface area contributed by atoms with Crippen LogP contribution in [0.5, 0.6) is 0 Å². The van der Waals surface area contributed by atoms with E-state index in [9.17, 15) is 0 Å². The first-order valence-electron chi connectivity index (χ1n) is 7.25. The van der Waals surface area contributed by atoms with Crippen molar-refractivity contribution in [2.75, 3.05) is 0 Å². The fourth-order valence-corrected chi connectivity index (χ4v) is 2.54. The molecule has 1 heterocycles. The lowest BCUT2D eigenvalue weighted by Gasteiger charge is -2.12. The molecular weight excluding hydrogens is 236 g/mol. The van der Waals surface area contributed by atoms with Crippen molar-refractivity contribution in [2.24, 2.45) is 5.41 Å². The van der Waals surface area contributed by atoms with Gasteiger partial charge in [0.15, 0.2) is 0 Å². The maximum atomic E-state index is 2.30. The van der Waals surface area contributed by atoms with Gasteiger partial charge < -0.3 is 0 Å². The van der Waals surface area contributed by atoms with Crippen LogP contribution in [-0.2, 0) is 12.8 Å². The zero-order valence-electron chi connectivity index (χ0n) is 12.9. The molecule has 1 aliphatic rings. The zero-order valence-corrected chi connectivity index (χ0v) is 13.7. The van der Waals surface area contributed by atoms with Crippen LogP contribution in [-0.4, -0.2) is 0 Å². The van der Waals surface area contributed by atoms with Crippen LogP contribution in [0.3, 0.4) is 0 Å². The molecule has 0 aromatic heterocycles. The third-order valence-corrected chi connectivity index (χ3v) is 4.46. The van der Waals surface area contributed by atoms with Crippen molar-refractivity contribution < 1.29 is 0 Å². The predicted molar refractivity (Wildman–Crippen MR) is 83.7 cm³/mol. The lowest BCUT2D eigenvalue weighted by molar-refractivity contribution is 0.398. The summed E-state index contributed by atoms with van der Waals surface area (Å²) in [6.45, 7) is 13.4. The van der Waals surface area contributed by atoms with E-state index in [0.29, 0.717) is 5.41 Å². The molecule has 0 amide bonds. The molecule has 0 spiro atoms. The molecule has 0 saturated heterocycles. The van der Waals surface area contributed by atoms with Crippen LogP contribution in [0.1, 0.15) is 65.5 Å². The Bertz CT molecular complexity index is 385. The second-order valence-corrected chi connectivity index (χ2v) is 7.20. The number of aryl methyl sites for hydroxylation is 1. The highest BCUT2D eigenvalue weighted by molar-refractivity contribution is 8.05. The van der Waals surface area contributed by atoms with Gasteiger partial charge >= 0.3 is 0 Å². The second kappa shape index (κ2) is 6.65. The normalized spacial score (nSPS) is 12.6. The summed E-state index contributed by atoms with van der Waals surface area (Å²) in [5, 5.41) is 0. The van der Waals surface area contributed by atoms with Gasteiger partial charge in [0.05, 0.1) is 0 Å². The van der Waals surface area contributed by atoms with E-state index in [2.05, 4.69) is 53.7 Å². The predicted octanol–water partition coefficient (Wildman–Crippen LogP) is 6.11. The number of rotatable bonds is 3. The van der Waals surface area contributed by atoms with E-state index in [1.54, 1.807) is 16.0 Å². The number of hydrogen-bond donors (Lipinski definition) is 0. The first kappa shape index (κ1) is 15.6. The Morgan fingerprint density at radius 1 is 1.06 bits per heavy atom. The zero-order chi connectivity index (χ0) is 13.8. The fourth-order valence-electron chi connectivity index (χ4n) is 1.68. The second-order valence-electron chi connectivity index (χ2n) is 6.15. The molecule has 1 aliphatic heterocycles. The molecule has 0 unspecified atom stereocenters. The maximum Gasteiger partial charge on any atom is 0.0297 e. The van der Waals surface area contributed by atoms with Crippen molar-refractivity contribution in [1.82, 2.24) is 0 Å². The van der Waals surface area contributed by atoms with E-state index in [4.69, 9.17) is 0 Å². The van der Waals surface area contributed by atoms with Crippen LogP contribution in [0.2, 0.25) is 0 Å². The molecule has 102 valence electrons. The van der Waals surface area contributed by atoms with E-state index in [1.165, 1.54) is 30.6 Å². The molecule has 0 saturated carbocycles. The van der Waals surface area contributed by atoms with Gasteiger partial charge in [0.1, 0.15) is 0 Å². The van der Waals surface area contributed by atoms with Crippen LogP contribution in [0.25, 0.3) is 0 Å². The van der Waals surface area contributed by atoms with Crippen molar-refractivity contribution in [1.29, 1.82) is 0 Å². The third-order valence-electron chi connectivity index (χ3n) is 3.43. The Hall–Kier alpha value is -0.430. The molecule has 18 heavy (non-hydrogen) atoms. The molecule has 1 aromatic carbocycles. The van der Waals surface area contributed by atoms with Gasteiger partial charge in [-0.1, -0.05) is 72.2 Å². The van der Waals surface area contributed by atoms with Crippen molar-refractivity contribution in [3.05, 3.63) is 23.3 Å². The molecule has 0 nitrogen and oxygen atoms in total. The van der Waals surface area contributed by atoms with E-state index in [0.717, 1.165) is 0 Å². The van der Waals surface area contributed by atoms with Gasteiger partial charge in [-0.05, 0) is 35.4 Å². The molecule has 2 rings (SSSR count). The standard InChI is InChI=1S/C11H14S.C6H14/c1-3-5-9-8(4-2)6-7-10-11(9)12-10;1-5-6(2,3)4/h6-7H,3-5H2,1-2H3;5H2,1-4H3. The molecule has 0 atom stereocenters. The average Bonchev–Trinajstić information content (AvgIpc) is 3.09. The van der Waals surface area contributed by atoms with Gasteiger partial charge in [-0.25, -0.2) is 0 Å². The van der Waals surface area contributed by atoms with Crippen molar-refractivity contribution >= 4 is 11.8 Å². The summed E-state index contributed by atoms with van der Waals surface area (Å²) in [6.07, 6.45) is 4.99. The van der Waals surface area contributed by atoms with Gasteiger partial charge in [-0.3, -0.25) is 0 Å². The van der Waals surface area contributed by atoms with Crippen LogP contribution in [0.15, 0.2) is 21.9 Å². The van der Waals surface area contributed by atoms with Gasteiger partial charge in [0.25, 0.3) is 0 Å². The Labute approximate surface area is 118 Å². The maximum absolute atomic E-state index is 2.30. The Morgan fingerprint density at radius 3 is 2.11 bits per heavy atom. The van der Waals surface area contributed by atoms with Gasteiger partial charge in [0.2, 0.25) is 0 Å². The number of benzene rings is 1. The quantitative estimate of drug-likeness (QED) is 0.603. The van der Waals surface area contributed by atoms with E-state index >= 15 is 0 Å². The highest BCUT2D eigenvalue weighted by Crippen LogP contribution is 2.51. The summed E-state index contributed by atoms with van der Waals surface area (Å²) in [7, 11) is 0. The number of hydrogen-bond acceptors (Lipinski definition) is 1. The average molecular weight is 264 g/mol. The third kappa shape index (κ3) is 4.68. The monoisotopic (exact) mass is 264 g/mol. The van der Waals surface area contributed by atoms with Gasteiger partial charge in [-0.2, -0.15) is 0 Å². The fraction of sp³-hybridized carbons (Fsp3) is 0.647. The number of fused-ring (bicyclic) bond motifs is 1. The van der Waals surface area contributed by atoms with E-state index in [1.807, 2.05) is 11.8 Å². The molecule has 0 bridgehead atoms. The summed E-state index contributed by atoms with van der Waals surface area (Å²) in [4.78, 5) is 3.09. The summed E-state index contributed by atoms with van der Waals surface area (Å²) >= 11 is 1.95. The molecule has 0 N–H and O–H groups in total. The first-order valence-corrected chi connectivity index (χ1v) is 8.07. The highest BCUT2D eigenvalue weighted by Gasteiger charge is 2.23. The van der Waals surface area contributed by atoms with Gasteiger partial charge in [-0.15, -0.1) is 0 Å². The lowest BCUT2D eigenvalue weighted by Crippen LogP contribution is -2.00. The van der Waals surface area contributed by atoms with E-state index < -0.39 is 0 Å². The minimum absolute atomic E-state index is 0.542. The SMILES string of the molecule is CCC(C)(C)C.CCCc1c(CC)ccc2c1S2. The van der Waals surface area contributed by atoms with Crippen molar-refractivity contribution in [2.45, 2.75) is 77.0 Å². The highest BCUT2D eigenvalue weighted by atomic mass is 32.2. The molecule has 1 aromatic rings. The van der Waals surface area contributed by atoms with Crippen molar-refractivity contribution in [3.63, 3.8) is 0 Å². The molecule has 0 radical (unpaired) electrons. The molecular formula is C17H28S. The Kier molecular flexibility index (Phi) is 5.78. The summed E-state index contributed by atoms with van der Waals surface area (Å²) in [6, 6.07) is 4.56. The minimum Gasteiger partial charge on any atom is -0.0874 e. The van der Waals surface area contributed by atoms with E-state index in [-0.39, 0.29) is 0 Å². The van der Waals surface area contributed by atoms with Crippen LogP contribution in [0.4, 0.5) is 0 Å². The Balaban J connectivity index is 0.000000232. The largest absolute Gasteiger partial charge is 0.0874 e. The Morgan fingerprint density at radius 2 is 1.67 bits per heavy atom. The van der Waals surface area contributed by atoms with Crippen molar-refractivity contribution in [3.8, 4) is 0 Å². The molecule has 0 aliphatic carbocycles. The first-order chi connectivity index (χ1) is 8.42. The molecule has 0 fully saturated rings. The van der Waals surface area contributed by atoms with Crippen LogP contribution >= 0.6 is 11.8 Å².